The van der Waals surface area contributed by atoms with E-state index in [2.05, 4.69) is 33.1 Å². The number of ether oxygens (including phenoxy) is 2. The van der Waals surface area contributed by atoms with Crippen molar-refractivity contribution in [3.05, 3.63) is 42.2 Å². The van der Waals surface area contributed by atoms with Gasteiger partial charge in [-0.05, 0) is 24.5 Å². The summed E-state index contributed by atoms with van der Waals surface area (Å²) in [5, 5.41) is 4.71. The molecule has 1 N–H and O–H groups in total. The number of methoxy groups -OCH3 is 2. The smallest absolute Gasteiger partial charge is 0.184 e. The van der Waals surface area contributed by atoms with Crippen LogP contribution in [0.2, 0.25) is 0 Å². The van der Waals surface area contributed by atoms with Crippen LogP contribution in [0.15, 0.2) is 36.7 Å². The van der Waals surface area contributed by atoms with Crippen LogP contribution in [0.4, 0.5) is 5.13 Å². The zero-order valence-electron chi connectivity index (χ0n) is 17.4. The van der Waals surface area contributed by atoms with Crippen LogP contribution in [0, 0.1) is 0 Å². The molecule has 0 radical (unpaired) electrons. The number of anilines is 1. The van der Waals surface area contributed by atoms with Crippen LogP contribution in [-0.4, -0.2) is 34.8 Å². The average molecular weight is 423 g/mol. The van der Waals surface area contributed by atoms with E-state index in [1.165, 1.54) is 42.4 Å². The quantitative estimate of drug-likeness (QED) is 0.447. The first-order valence-electron chi connectivity index (χ1n) is 10.5. The second-order valence-electron chi connectivity index (χ2n) is 7.83. The molecule has 1 aliphatic carbocycles. The Morgan fingerprint density at radius 2 is 1.90 bits per heavy atom. The van der Waals surface area contributed by atoms with E-state index in [0.29, 0.717) is 24.1 Å². The number of nitrogens with one attached hydrogen (secondary N) is 1. The lowest BCUT2D eigenvalue weighted by Crippen LogP contribution is -2.21. The highest BCUT2D eigenvalue weighted by atomic mass is 32.1. The van der Waals surface area contributed by atoms with E-state index in [1.54, 1.807) is 25.6 Å². The monoisotopic (exact) mass is 422 g/mol. The van der Waals surface area contributed by atoms with Gasteiger partial charge >= 0.3 is 0 Å². The molecule has 1 fully saturated rings. The topological polar surface area (TPSA) is 61.2 Å². The van der Waals surface area contributed by atoms with Gasteiger partial charge in [0.25, 0.3) is 0 Å². The summed E-state index contributed by atoms with van der Waals surface area (Å²) in [7, 11) is 3.30. The fourth-order valence-electron chi connectivity index (χ4n) is 4.31. The zero-order valence-corrected chi connectivity index (χ0v) is 18.2. The first-order valence-corrected chi connectivity index (χ1v) is 11.3. The molecule has 2 aromatic carbocycles. The Morgan fingerprint density at radius 1 is 1.10 bits per heavy atom. The molecule has 7 heteroatoms. The van der Waals surface area contributed by atoms with Crippen molar-refractivity contribution >= 4 is 37.7 Å². The number of hydrogen-bond acceptors (Lipinski definition) is 6. The maximum Gasteiger partial charge on any atom is 0.184 e. The third kappa shape index (κ3) is 3.58. The van der Waals surface area contributed by atoms with Crippen molar-refractivity contribution < 1.29 is 9.47 Å². The second-order valence-corrected chi connectivity index (χ2v) is 8.86. The molecule has 1 aliphatic rings. The van der Waals surface area contributed by atoms with Crippen LogP contribution < -0.4 is 14.8 Å². The Hall–Kier alpha value is -2.80. The van der Waals surface area contributed by atoms with Crippen molar-refractivity contribution in [1.29, 1.82) is 0 Å². The normalized spacial score (nSPS) is 15.0. The van der Waals surface area contributed by atoms with Gasteiger partial charge in [-0.25, -0.2) is 9.97 Å². The minimum Gasteiger partial charge on any atom is -0.493 e. The van der Waals surface area contributed by atoms with Crippen LogP contribution in [0.1, 0.15) is 37.7 Å². The third-order valence-corrected chi connectivity index (χ3v) is 6.85. The lowest BCUT2D eigenvalue weighted by atomic mass is 9.96. The molecule has 0 atom stereocenters. The third-order valence-electron chi connectivity index (χ3n) is 5.90. The van der Waals surface area contributed by atoms with Crippen LogP contribution in [-0.2, 0) is 6.54 Å². The minimum absolute atomic E-state index is 0.558. The molecular formula is C23H26N4O2S. The van der Waals surface area contributed by atoms with Gasteiger partial charge in [0.2, 0.25) is 0 Å². The van der Waals surface area contributed by atoms with Crippen molar-refractivity contribution in [2.24, 2.45) is 0 Å². The number of hydrogen-bond donors (Lipinski definition) is 1. The van der Waals surface area contributed by atoms with E-state index in [4.69, 9.17) is 14.5 Å². The first kappa shape index (κ1) is 19.2. The minimum atomic E-state index is 0.558. The van der Waals surface area contributed by atoms with Crippen LogP contribution in [0.25, 0.3) is 21.3 Å². The molecule has 1 saturated carbocycles. The number of fused-ring (bicyclic) bond motifs is 2. The molecule has 0 bridgehead atoms. The Labute approximate surface area is 179 Å². The fourth-order valence-corrected chi connectivity index (χ4v) is 5.30. The summed E-state index contributed by atoms with van der Waals surface area (Å²) in [6, 6.07) is 10.9. The molecule has 156 valence electrons. The van der Waals surface area contributed by atoms with E-state index in [0.717, 1.165) is 21.7 Å². The Bertz CT molecular complexity index is 1180. The van der Waals surface area contributed by atoms with Gasteiger partial charge in [-0.15, -0.1) is 0 Å². The maximum atomic E-state index is 5.48. The molecule has 0 aliphatic heterocycles. The van der Waals surface area contributed by atoms with E-state index < -0.39 is 0 Å². The van der Waals surface area contributed by atoms with Gasteiger partial charge in [0, 0.05) is 18.2 Å². The van der Waals surface area contributed by atoms with E-state index >= 15 is 0 Å². The summed E-state index contributed by atoms with van der Waals surface area (Å²) in [6.07, 6.45) is 8.35. The standard InChI is InChI=1S/C23H26N4O2S/c1-28-19-11-17-18(12-20(19)29-2)27(14-24-17)13-15-7-6-10-21-22(15)26-23(30-21)25-16-8-4-3-5-9-16/h6-7,10-12,14,16H,3-5,8-9,13H2,1-2H3,(H,25,26). The van der Waals surface area contributed by atoms with E-state index in [-0.39, 0.29) is 0 Å². The maximum absolute atomic E-state index is 5.48. The van der Waals surface area contributed by atoms with E-state index in [9.17, 15) is 0 Å². The van der Waals surface area contributed by atoms with E-state index in [1.807, 2.05) is 18.5 Å². The zero-order chi connectivity index (χ0) is 20.5. The molecule has 5 rings (SSSR count). The van der Waals surface area contributed by atoms with Gasteiger partial charge in [0.05, 0.1) is 48.3 Å². The molecule has 6 nitrogen and oxygen atoms in total. The molecule has 0 amide bonds. The van der Waals surface area contributed by atoms with Crippen LogP contribution in [0.3, 0.4) is 0 Å². The second kappa shape index (κ2) is 8.14. The summed E-state index contributed by atoms with van der Waals surface area (Å²) in [5.74, 6) is 1.40. The van der Waals surface area contributed by atoms with Gasteiger partial charge in [-0.2, -0.15) is 0 Å². The lowest BCUT2D eigenvalue weighted by molar-refractivity contribution is 0.355. The molecule has 0 unspecified atom stereocenters. The Morgan fingerprint density at radius 3 is 2.70 bits per heavy atom. The highest BCUT2D eigenvalue weighted by molar-refractivity contribution is 7.22. The van der Waals surface area contributed by atoms with Gasteiger partial charge in [-0.1, -0.05) is 42.7 Å². The number of para-hydroxylation sites is 1. The molecule has 0 saturated heterocycles. The van der Waals surface area contributed by atoms with Gasteiger partial charge in [0.1, 0.15) is 0 Å². The SMILES string of the molecule is COc1cc2ncn(Cc3cccc4sc(NC5CCCCC5)nc34)c2cc1OC. The highest BCUT2D eigenvalue weighted by Gasteiger charge is 2.17. The van der Waals surface area contributed by atoms with Gasteiger partial charge in [0.15, 0.2) is 16.6 Å². The summed E-state index contributed by atoms with van der Waals surface area (Å²) < 4.78 is 14.2. The lowest BCUT2D eigenvalue weighted by Gasteiger charge is -2.22. The largest absolute Gasteiger partial charge is 0.493 e. The van der Waals surface area contributed by atoms with Crippen LogP contribution >= 0.6 is 11.3 Å². The van der Waals surface area contributed by atoms with Crippen molar-refractivity contribution in [2.45, 2.75) is 44.7 Å². The number of benzene rings is 2. The number of thiazole rings is 1. The fraction of sp³-hybridized carbons (Fsp3) is 0.391. The molecule has 2 heterocycles. The summed E-state index contributed by atoms with van der Waals surface area (Å²) >= 11 is 1.75. The van der Waals surface area contributed by atoms with Gasteiger partial charge < -0.3 is 19.4 Å². The molecule has 0 spiro atoms. The average Bonchev–Trinajstić information content (AvgIpc) is 3.37. The predicted molar refractivity (Wildman–Crippen MR) is 122 cm³/mol. The number of aromatic nitrogens is 3. The van der Waals surface area contributed by atoms with Gasteiger partial charge in [-0.3, -0.25) is 0 Å². The van der Waals surface area contributed by atoms with Crippen molar-refractivity contribution in [3.63, 3.8) is 0 Å². The molecular weight excluding hydrogens is 396 g/mol. The summed E-state index contributed by atoms with van der Waals surface area (Å²) in [5.41, 5.74) is 4.16. The van der Waals surface area contributed by atoms with Crippen molar-refractivity contribution in [3.8, 4) is 11.5 Å². The summed E-state index contributed by atoms with van der Waals surface area (Å²) in [4.78, 5) is 9.52. The van der Waals surface area contributed by atoms with Crippen molar-refractivity contribution in [1.82, 2.24) is 14.5 Å². The first-order chi connectivity index (χ1) is 14.7. The Kier molecular flexibility index (Phi) is 5.21. The number of imidazole rings is 1. The summed E-state index contributed by atoms with van der Waals surface area (Å²) in [6.45, 7) is 0.704. The Balaban J connectivity index is 1.46. The molecule has 4 aromatic rings. The number of nitrogens with zero attached hydrogens (tertiary/aromatic N) is 3. The predicted octanol–water partition coefficient (Wildman–Crippen LogP) is 5.46. The highest BCUT2D eigenvalue weighted by Crippen LogP contribution is 2.34. The molecule has 30 heavy (non-hydrogen) atoms. The molecule has 2 aromatic heterocycles. The number of rotatable bonds is 6. The van der Waals surface area contributed by atoms with Crippen molar-refractivity contribution in [2.75, 3.05) is 19.5 Å². The van der Waals surface area contributed by atoms with Crippen LogP contribution in [0.5, 0.6) is 11.5 Å².